The van der Waals surface area contributed by atoms with Crippen LogP contribution in [0, 0.1) is 0 Å². The van der Waals surface area contributed by atoms with E-state index in [1.807, 2.05) is 25.1 Å². The molecule has 0 saturated heterocycles. The zero-order valence-electron chi connectivity index (χ0n) is 12.2. The van der Waals surface area contributed by atoms with Crippen molar-refractivity contribution in [1.29, 1.82) is 0 Å². The molecule has 0 bridgehead atoms. The van der Waals surface area contributed by atoms with Gasteiger partial charge < -0.3 is 10.1 Å². The lowest BCUT2D eigenvalue weighted by molar-refractivity contribution is 0.333. The average Bonchev–Trinajstić information content (AvgIpc) is 2.94. The number of ether oxygens (including phenoxy) is 1. The van der Waals surface area contributed by atoms with Gasteiger partial charge in [0, 0.05) is 5.56 Å². The van der Waals surface area contributed by atoms with Crippen LogP contribution in [-0.2, 0) is 6.42 Å². The molecule has 1 N–H and O–H groups in total. The minimum atomic E-state index is 0.0951. The molecule has 1 aromatic heterocycles. The van der Waals surface area contributed by atoms with Gasteiger partial charge in [-0.1, -0.05) is 36.5 Å². The zero-order valence-corrected chi connectivity index (χ0v) is 13.0. The molecule has 2 rings (SSSR count). The Morgan fingerprint density at radius 1 is 1.25 bits per heavy atom. The van der Waals surface area contributed by atoms with Crippen LogP contribution in [0.5, 0.6) is 5.75 Å². The van der Waals surface area contributed by atoms with Crippen molar-refractivity contribution in [3.8, 4) is 5.75 Å². The molecule has 1 aromatic carbocycles. The van der Waals surface area contributed by atoms with Gasteiger partial charge in [-0.15, -0.1) is 5.10 Å². The number of aryl methyl sites for hydroxylation is 1. The summed E-state index contributed by atoms with van der Waals surface area (Å²) in [4.78, 5) is 1.18. The number of hydrogen-bond acceptors (Lipinski definition) is 5. The van der Waals surface area contributed by atoms with E-state index in [4.69, 9.17) is 4.74 Å². The van der Waals surface area contributed by atoms with E-state index in [9.17, 15) is 0 Å². The number of hydrogen-bond donors (Lipinski definition) is 1. The lowest BCUT2D eigenvalue weighted by atomic mass is 10.0. The van der Waals surface area contributed by atoms with Crippen LogP contribution in [0.2, 0.25) is 0 Å². The van der Waals surface area contributed by atoms with E-state index in [0.29, 0.717) is 6.61 Å². The maximum absolute atomic E-state index is 5.76. The van der Waals surface area contributed by atoms with Crippen molar-refractivity contribution in [2.75, 3.05) is 13.2 Å². The first-order valence-corrected chi connectivity index (χ1v) is 7.85. The summed E-state index contributed by atoms with van der Waals surface area (Å²) >= 11 is 1.46. The number of nitrogens with one attached hydrogen (secondary N) is 1. The monoisotopic (exact) mass is 291 g/mol. The standard InChI is InChI=1S/C15H21N3OS/c1-4-12-15(20-18-17-12)14(16-5-2)11-9-7-8-10-13(11)19-6-3/h7-10,14,16H,4-6H2,1-3H3. The van der Waals surface area contributed by atoms with Crippen LogP contribution in [0.15, 0.2) is 24.3 Å². The Hall–Kier alpha value is -1.46. The average molecular weight is 291 g/mol. The predicted octanol–water partition coefficient (Wildman–Crippen LogP) is 3.20. The van der Waals surface area contributed by atoms with Crippen molar-refractivity contribution >= 4 is 11.5 Å². The fourth-order valence-electron chi connectivity index (χ4n) is 2.23. The summed E-state index contributed by atoms with van der Waals surface area (Å²) in [6.07, 6.45) is 0.893. The molecule has 5 heteroatoms. The number of benzene rings is 1. The highest BCUT2D eigenvalue weighted by Crippen LogP contribution is 2.33. The molecule has 4 nitrogen and oxygen atoms in total. The molecule has 20 heavy (non-hydrogen) atoms. The van der Waals surface area contributed by atoms with E-state index in [-0.39, 0.29) is 6.04 Å². The SMILES string of the molecule is CCNC(c1ccccc1OCC)c1snnc1CC. The Labute approximate surface area is 124 Å². The van der Waals surface area contributed by atoms with Crippen molar-refractivity contribution in [2.45, 2.75) is 33.2 Å². The molecule has 1 heterocycles. The van der Waals surface area contributed by atoms with Crippen LogP contribution in [0.4, 0.5) is 0 Å². The van der Waals surface area contributed by atoms with E-state index < -0.39 is 0 Å². The first-order valence-electron chi connectivity index (χ1n) is 7.07. The molecular weight excluding hydrogens is 270 g/mol. The smallest absolute Gasteiger partial charge is 0.124 e. The van der Waals surface area contributed by atoms with Crippen molar-refractivity contribution in [1.82, 2.24) is 14.9 Å². The minimum absolute atomic E-state index is 0.0951. The second-order valence-corrected chi connectivity index (χ2v) is 5.18. The number of para-hydroxylation sites is 1. The van der Waals surface area contributed by atoms with Gasteiger partial charge in [0.15, 0.2) is 0 Å². The summed E-state index contributed by atoms with van der Waals surface area (Å²) < 4.78 is 9.87. The fourth-order valence-corrected chi connectivity index (χ4v) is 3.07. The molecule has 2 aromatic rings. The fraction of sp³-hybridized carbons (Fsp3) is 0.467. The van der Waals surface area contributed by atoms with Gasteiger partial charge in [-0.05, 0) is 37.5 Å². The van der Waals surface area contributed by atoms with E-state index in [1.54, 1.807) is 0 Å². The van der Waals surface area contributed by atoms with Crippen LogP contribution in [-0.4, -0.2) is 22.7 Å². The van der Waals surface area contributed by atoms with Crippen LogP contribution in [0.3, 0.4) is 0 Å². The second kappa shape index (κ2) is 7.36. The highest BCUT2D eigenvalue weighted by molar-refractivity contribution is 7.05. The van der Waals surface area contributed by atoms with Crippen LogP contribution in [0.25, 0.3) is 0 Å². The van der Waals surface area contributed by atoms with E-state index in [0.717, 1.165) is 30.0 Å². The van der Waals surface area contributed by atoms with Gasteiger partial charge >= 0.3 is 0 Å². The normalized spacial score (nSPS) is 12.3. The number of aromatic nitrogens is 2. The summed E-state index contributed by atoms with van der Waals surface area (Å²) in [6, 6.07) is 8.27. The largest absolute Gasteiger partial charge is 0.494 e. The van der Waals surface area contributed by atoms with Gasteiger partial charge in [0.2, 0.25) is 0 Å². The first kappa shape index (κ1) is 14.9. The van der Waals surface area contributed by atoms with Crippen molar-refractivity contribution in [3.05, 3.63) is 40.4 Å². The summed E-state index contributed by atoms with van der Waals surface area (Å²) in [5.74, 6) is 0.927. The topological polar surface area (TPSA) is 47.0 Å². The van der Waals surface area contributed by atoms with Gasteiger partial charge in [-0.2, -0.15) is 0 Å². The molecule has 0 aliphatic rings. The lowest BCUT2D eigenvalue weighted by Crippen LogP contribution is -2.22. The number of rotatable bonds is 7. The van der Waals surface area contributed by atoms with Gasteiger partial charge in [-0.25, -0.2) is 0 Å². The molecule has 1 unspecified atom stereocenters. The molecule has 0 saturated carbocycles. The van der Waals surface area contributed by atoms with E-state index >= 15 is 0 Å². The third kappa shape index (κ3) is 3.16. The molecule has 0 spiro atoms. The molecular formula is C15H21N3OS. The van der Waals surface area contributed by atoms with E-state index in [2.05, 4.69) is 34.8 Å². The predicted molar refractivity (Wildman–Crippen MR) is 82.4 cm³/mol. The van der Waals surface area contributed by atoms with Gasteiger partial charge in [-0.3, -0.25) is 0 Å². The maximum Gasteiger partial charge on any atom is 0.124 e. The molecule has 0 amide bonds. The zero-order chi connectivity index (χ0) is 14.4. The highest BCUT2D eigenvalue weighted by Gasteiger charge is 2.22. The molecule has 1 atom stereocenters. The summed E-state index contributed by atoms with van der Waals surface area (Å²) in [6.45, 7) is 7.77. The molecule has 0 aliphatic carbocycles. The van der Waals surface area contributed by atoms with Gasteiger partial charge in [0.1, 0.15) is 5.75 Å². The maximum atomic E-state index is 5.76. The third-order valence-electron chi connectivity index (χ3n) is 3.12. The Balaban J connectivity index is 2.43. The second-order valence-electron chi connectivity index (χ2n) is 4.40. The Morgan fingerprint density at radius 3 is 2.75 bits per heavy atom. The molecule has 0 aliphatic heterocycles. The molecule has 108 valence electrons. The minimum Gasteiger partial charge on any atom is -0.494 e. The summed E-state index contributed by atoms with van der Waals surface area (Å²) in [7, 11) is 0. The van der Waals surface area contributed by atoms with E-state index in [1.165, 1.54) is 16.4 Å². The molecule has 0 radical (unpaired) electrons. The highest BCUT2D eigenvalue weighted by atomic mass is 32.1. The van der Waals surface area contributed by atoms with Crippen LogP contribution < -0.4 is 10.1 Å². The van der Waals surface area contributed by atoms with Crippen molar-refractivity contribution < 1.29 is 4.74 Å². The summed E-state index contributed by atoms with van der Waals surface area (Å²) in [5.41, 5.74) is 2.21. The first-order chi connectivity index (χ1) is 9.81. The molecule has 0 fully saturated rings. The van der Waals surface area contributed by atoms with Crippen LogP contribution in [0.1, 0.15) is 42.9 Å². The summed E-state index contributed by atoms with van der Waals surface area (Å²) in [5, 5.41) is 7.75. The lowest BCUT2D eigenvalue weighted by Gasteiger charge is -2.20. The van der Waals surface area contributed by atoms with Crippen molar-refractivity contribution in [3.63, 3.8) is 0 Å². The van der Waals surface area contributed by atoms with Crippen LogP contribution >= 0.6 is 11.5 Å². The number of nitrogens with zero attached hydrogens (tertiary/aromatic N) is 2. The Morgan fingerprint density at radius 2 is 2.05 bits per heavy atom. The third-order valence-corrected chi connectivity index (χ3v) is 3.95. The Kier molecular flexibility index (Phi) is 5.49. The van der Waals surface area contributed by atoms with Gasteiger partial charge in [0.05, 0.1) is 23.2 Å². The quantitative estimate of drug-likeness (QED) is 0.851. The van der Waals surface area contributed by atoms with Gasteiger partial charge in [0.25, 0.3) is 0 Å². The Bertz CT molecular complexity index is 541. The van der Waals surface area contributed by atoms with Crippen molar-refractivity contribution in [2.24, 2.45) is 0 Å².